The lowest BCUT2D eigenvalue weighted by molar-refractivity contribution is -0.122. The molecule has 18 heavy (non-hydrogen) atoms. The van der Waals surface area contributed by atoms with Gasteiger partial charge in [0.25, 0.3) is 0 Å². The van der Waals surface area contributed by atoms with E-state index in [1.165, 1.54) is 0 Å². The molecule has 1 aromatic carbocycles. The number of phenolic OH excluding ortho intramolecular Hbond substituents is 1. The lowest BCUT2D eigenvalue weighted by Crippen LogP contribution is -2.42. The first-order chi connectivity index (χ1) is 8.63. The zero-order valence-electron chi connectivity index (χ0n) is 10.4. The molecule has 4 nitrogen and oxygen atoms in total. The van der Waals surface area contributed by atoms with Crippen LogP contribution in [0.15, 0.2) is 24.3 Å². The van der Waals surface area contributed by atoms with Gasteiger partial charge in [0.2, 0.25) is 5.91 Å². The van der Waals surface area contributed by atoms with Crippen LogP contribution in [-0.4, -0.2) is 23.6 Å². The highest BCUT2D eigenvalue weighted by Crippen LogP contribution is 2.10. The van der Waals surface area contributed by atoms with Gasteiger partial charge in [-0.3, -0.25) is 4.79 Å². The summed E-state index contributed by atoms with van der Waals surface area (Å²) in [7, 11) is 0. The molecule has 4 heteroatoms. The molecule has 1 unspecified atom stereocenters. The number of rotatable bonds is 5. The van der Waals surface area contributed by atoms with Crippen molar-refractivity contribution >= 4 is 5.91 Å². The van der Waals surface area contributed by atoms with E-state index in [1.54, 1.807) is 31.2 Å². The third-order valence-corrected chi connectivity index (χ3v) is 2.45. The van der Waals surface area contributed by atoms with Gasteiger partial charge in [0.15, 0.2) is 0 Å². The summed E-state index contributed by atoms with van der Waals surface area (Å²) < 4.78 is 0. The molecule has 0 heterocycles. The fourth-order valence-electron chi connectivity index (χ4n) is 1.48. The van der Waals surface area contributed by atoms with Crippen molar-refractivity contribution < 1.29 is 9.90 Å². The second-order valence-corrected chi connectivity index (χ2v) is 3.94. The zero-order chi connectivity index (χ0) is 13.4. The molecule has 0 aliphatic heterocycles. The van der Waals surface area contributed by atoms with Gasteiger partial charge in [-0.1, -0.05) is 12.1 Å². The predicted octanol–water partition coefficient (Wildman–Crippen LogP) is 0.792. The first-order valence-electron chi connectivity index (χ1n) is 5.84. The van der Waals surface area contributed by atoms with E-state index in [9.17, 15) is 4.79 Å². The van der Waals surface area contributed by atoms with Gasteiger partial charge in [-0.2, -0.15) is 0 Å². The van der Waals surface area contributed by atoms with Crippen LogP contribution in [0.2, 0.25) is 0 Å². The zero-order valence-corrected chi connectivity index (χ0v) is 10.4. The first-order valence-corrected chi connectivity index (χ1v) is 5.84. The number of aromatic hydroxyl groups is 1. The molecule has 0 spiro atoms. The maximum Gasteiger partial charge on any atom is 0.237 e. The van der Waals surface area contributed by atoms with Crippen molar-refractivity contribution in [3.63, 3.8) is 0 Å². The summed E-state index contributed by atoms with van der Waals surface area (Å²) in [6.07, 6.45) is 1.08. The molecule has 0 aliphatic rings. The van der Waals surface area contributed by atoms with Crippen molar-refractivity contribution in [1.29, 1.82) is 0 Å². The number of phenols is 1. The van der Waals surface area contributed by atoms with Crippen LogP contribution in [0, 0.1) is 11.8 Å². The molecule has 1 rings (SSSR count). The number of benzene rings is 1. The monoisotopic (exact) mass is 246 g/mol. The number of nitrogens with two attached hydrogens (primary N) is 1. The Balaban J connectivity index is 2.39. The van der Waals surface area contributed by atoms with Crippen molar-refractivity contribution in [2.75, 3.05) is 6.54 Å². The molecule has 0 aliphatic carbocycles. The third-order valence-electron chi connectivity index (χ3n) is 2.45. The molecule has 0 bridgehead atoms. The van der Waals surface area contributed by atoms with Crippen LogP contribution in [0.5, 0.6) is 5.75 Å². The molecule has 4 N–H and O–H groups in total. The van der Waals surface area contributed by atoms with Crippen LogP contribution >= 0.6 is 0 Å². The smallest absolute Gasteiger partial charge is 0.237 e. The van der Waals surface area contributed by atoms with Crippen LogP contribution in [0.1, 0.15) is 18.9 Å². The van der Waals surface area contributed by atoms with Crippen molar-refractivity contribution in [3.05, 3.63) is 29.8 Å². The van der Waals surface area contributed by atoms with Crippen molar-refractivity contribution in [2.45, 2.75) is 25.8 Å². The standard InChI is InChI=1S/C14H18N2O2/c1-2-3-4-9-16-14(18)13(15)10-11-5-7-12(17)8-6-11/h5-8,13,17H,4,9-10,15H2,1H3,(H,16,18). The lowest BCUT2D eigenvalue weighted by Gasteiger charge is -2.11. The van der Waals surface area contributed by atoms with Crippen molar-refractivity contribution in [3.8, 4) is 17.6 Å². The van der Waals surface area contributed by atoms with Crippen LogP contribution in [0.25, 0.3) is 0 Å². The summed E-state index contributed by atoms with van der Waals surface area (Å²) in [6.45, 7) is 2.28. The summed E-state index contributed by atoms with van der Waals surface area (Å²) in [5.41, 5.74) is 6.71. The van der Waals surface area contributed by atoms with E-state index < -0.39 is 6.04 Å². The fraction of sp³-hybridized carbons (Fsp3) is 0.357. The van der Waals surface area contributed by atoms with Crippen molar-refractivity contribution in [2.24, 2.45) is 5.73 Å². The van der Waals surface area contributed by atoms with Gasteiger partial charge >= 0.3 is 0 Å². The predicted molar refractivity (Wildman–Crippen MR) is 70.9 cm³/mol. The Morgan fingerprint density at radius 1 is 1.44 bits per heavy atom. The largest absolute Gasteiger partial charge is 0.508 e. The fourth-order valence-corrected chi connectivity index (χ4v) is 1.48. The van der Waals surface area contributed by atoms with Gasteiger partial charge in [-0.25, -0.2) is 0 Å². The molecule has 0 aromatic heterocycles. The summed E-state index contributed by atoms with van der Waals surface area (Å²) in [5.74, 6) is 5.65. The number of amides is 1. The van der Waals surface area contributed by atoms with Crippen LogP contribution in [-0.2, 0) is 11.2 Å². The Labute approximate surface area is 107 Å². The highest BCUT2D eigenvalue weighted by Gasteiger charge is 2.13. The van der Waals surface area contributed by atoms with Gasteiger partial charge in [-0.15, -0.1) is 11.8 Å². The Bertz CT molecular complexity index is 443. The minimum absolute atomic E-state index is 0.180. The van der Waals surface area contributed by atoms with Crippen LogP contribution < -0.4 is 11.1 Å². The van der Waals surface area contributed by atoms with E-state index in [-0.39, 0.29) is 11.7 Å². The highest BCUT2D eigenvalue weighted by atomic mass is 16.3. The molecule has 1 amide bonds. The van der Waals surface area contributed by atoms with Crippen LogP contribution in [0.4, 0.5) is 0 Å². The third kappa shape index (κ3) is 4.89. The normalized spacial score (nSPS) is 11.2. The van der Waals surface area contributed by atoms with E-state index in [4.69, 9.17) is 10.8 Å². The number of hydrogen-bond donors (Lipinski definition) is 3. The number of nitrogens with one attached hydrogen (secondary N) is 1. The quantitative estimate of drug-likeness (QED) is 0.531. The highest BCUT2D eigenvalue weighted by molar-refractivity contribution is 5.81. The topological polar surface area (TPSA) is 75.4 Å². The Kier molecular flexibility index (Phi) is 5.75. The SMILES string of the molecule is CC#CCCNC(=O)C(N)Cc1ccc(O)cc1. The van der Waals surface area contributed by atoms with E-state index in [0.29, 0.717) is 19.4 Å². The van der Waals surface area contributed by atoms with Gasteiger partial charge in [0.05, 0.1) is 6.04 Å². The Hall–Kier alpha value is -1.99. The lowest BCUT2D eigenvalue weighted by atomic mass is 10.1. The molecule has 0 saturated heterocycles. The number of carbonyl (C=O) groups excluding carboxylic acids is 1. The summed E-state index contributed by atoms with van der Waals surface area (Å²) in [5, 5.41) is 11.9. The molecular weight excluding hydrogens is 228 g/mol. The second-order valence-electron chi connectivity index (χ2n) is 3.94. The summed E-state index contributed by atoms with van der Waals surface area (Å²) in [6, 6.07) is 6.09. The molecule has 0 radical (unpaired) electrons. The molecule has 96 valence electrons. The minimum atomic E-state index is -0.580. The molecule has 0 fully saturated rings. The van der Waals surface area contributed by atoms with Gasteiger partial charge < -0.3 is 16.2 Å². The van der Waals surface area contributed by atoms with E-state index in [0.717, 1.165) is 5.56 Å². The average Bonchev–Trinajstić information content (AvgIpc) is 2.37. The minimum Gasteiger partial charge on any atom is -0.508 e. The first kappa shape index (κ1) is 14.1. The Morgan fingerprint density at radius 2 is 2.11 bits per heavy atom. The molecule has 1 atom stereocenters. The van der Waals surface area contributed by atoms with Crippen LogP contribution in [0.3, 0.4) is 0 Å². The molecule has 1 aromatic rings. The second kappa shape index (κ2) is 7.36. The van der Waals surface area contributed by atoms with Gasteiger partial charge in [-0.05, 0) is 31.0 Å². The summed E-state index contributed by atoms with van der Waals surface area (Å²) in [4.78, 5) is 11.6. The maximum absolute atomic E-state index is 11.6. The number of hydrogen-bond acceptors (Lipinski definition) is 3. The van der Waals surface area contributed by atoms with Gasteiger partial charge in [0, 0.05) is 13.0 Å². The average molecular weight is 246 g/mol. The summed E-state index contributed by atoms with van der Waals surface area (Å²) >= 11 is 0. The van der Waals surface area contributed by atoms with E-state index in [1.807, 2.05) is 0 Å². The van der Waals surface area contributed by atoms with Gasteiger partial charge in [0.1, 0.15) is 5.75 Å². The van der Waals surface area contributed by atoms with E-state index in [2.05, 4.69) is 17.2 Å². The molecule has 0 saturated carbocycles. The van der Waals surface area contributed by atoms with Crippen molar-refractivity contribution in [1.82, 2.24) is 5.32 Å². The van der Waals surface area contributed by atoms with E-state index >= 15 is 0 Å². The number of carbonyl (C=O) groups is 1. The molecular formula is C14H18N2O2. The maximum atomic E-state index is 11.6. The Morgan fingerprint density at radius 3 is 2.72 bits per heavy atom.